The highest BCUT2D eigenvalue weighted by Crippen LogP contribution is 2.27. The lowest BCUT2D eigenvalue weighted by molar-refractivity contribution is 0.0473. The first kappa shape index (κ1) is 19.7. The minimum atomic E-state index is -3.85. The molecule has 1 amide bonds. The number of carbonyl (C=O) groups excluding carboxylic acids is 1. The molecular weight excluding hydrogens is 388 g/mol. The first-order valence-corrected chi connectivity index (χ1v) is 10.4. The number of hydrogen-bond donors (Lipinski definition) is 1. The van der Waals surface area contributed by atoms with Gasteiger partial charge in [-0.2, -0.15) is 0 Å². The van der Waals surface area contributed by atoms with Crippen molar-refractivity contribution in [3.8, 4) is 0 Å². The topological polar surface area (TPSA) is 77.9 Å². The van der Waals surface area contributed by atoms with Crippen molar-refractivity contribution in [1.82, 2.24) is 4.90 Å². The van der Waals surface area contributed by atoms with Gasteiger partial charge in [-0.15, -0.1) is 0 Å². The smallest absolute Gasteiger partial charge is 0.264 e. The van der Waals surface area contributed by atoms with E-state index in [1.807, 2.05) is 0 Å². The highest BCUT2D eigenvalue weighted by atomic mass is 35.5. The largest absolute Gasteiger partial charge is 0.391 e. The number of hydrogen-bond acceptors (Lipinski definition) is 4. The van der Waals surface area contributed by atoms with Crippen molar-refractivity contribution in [2.24, 2.45) is 0 Å². The van der Waals surface area contributed by atoms with E-state index >= 15 is 0 Å². The van der Waals surface area contributed by atoms with E-state index in [0.29, 0.717) is 25.1 Å². The first-order valence-electron chi connectivity index (χ1n) is 8.61. The molecule has 0 radical (unpaired) electrons. The number of aliphatic hydroxyl groups is 1. The number of nitrogens with zero attached hydrogens (tertiary/aromatic N) is 2. The zero-order valence-electron chi connectivity index (χ0n) is 14.9. The van der Waals surface area contributed by atoms with E-state index < -0.39 is 16.1 Å². The van der Waals surface area contributed by atoms with E-state index in [1.54, 1.807) is 30.3 Å². The molecule has 0 bridgehead atoms. The molecule has 3 rings (SSSR count). The second-order valence-corrected chi connectivity index (χ2v) is 8.87. The maximum absolute atomic E-state index is 13.0. The van der Waals surface area contributed by atoms with Gasteiger partial charge < -0.3 is 10.0 Å². The molecule has 2 aromatic carbocycles. The normalized spacial score (nSPS) is 17.6. The SMILES string of the molecule is CN(c1ccccc1)S(=O)(=O)c1ccc(Cl)c(C(=O)N2CCCC(O)C2)c1. The molecule has 1 aliphatic heterocycles. The summed E-state index contributed by atoms with van der Waals surface area (Å²) in [4.78, 5) is 14.3. The number of benzene rings is 2. The highest BCUT2D eigenvalue weighted by Gasteiger charge is 2.27. The number of anilines is 1. The highest BCUT2D eigenvalue weighted by molar-refractivity contribution is 7.92. The van der Waals surface area contributed by atoms with Crippen molar-refractivity contribution < 1.29 is 18.3 Å². The maximum atomic E-state index is 13.0. The third-order valence-corrected chi connectivity index (χ3v) is 6.74. The fourth-order valence-corrected chi connectivity index (χ4v) is 4.49. The van der Waals surface area contributed by atoms with Crippen molar-refractivity contribution >= 4 is 33.2 Å². The van der Waals surface area contributed by atoms with Crippen LogP contribution in [0, 0.1) is 0 Å². The van der Waals surface area contributed by atoms with Crippen LogP contribution in [0.25, 0.3) is 0 Å². The third-order valence-electron chi connectivity index (χ3n) is 4.63. The molecule has 144 valence electrons. The Morgan fingerprint density at radius 3 is 2.59 bits per heavy atom. The molecule has 0 aromatic heterocycles. The number of halogens is 1. The lowest BCUT2D eigenvalue weighted by atomic mass is 10.1. The van der Waals surface area contributed by atoms with E-state index in [9.17, 15) is 18.3 Å². The molecule has 1 heterocycles. The summed E-state index contributed by atoms with van der Waals surface area (Å²) in [5.41, 5.74) is 0.632. The van der Waals surface area contributed by atoms with Crippen LogP contribution in [0.2, 0.25) is 5.02 Å². The van der Waals surface area contributed by atoms with Crippen LogP contribution in [-0.2, 0) is 10.0 Å². The van der Waals surface area contributed by atoms with E-state index in [0.717, 1.165) is 4.31 Å². The number of likely N-dealkylation sites (tertiary alicyclic amines) is 1. The standard InChI is InChI=1S/C19H21ClN2O4S/c1-21(14-6-3-2-4-7-14)27(25,26)16-9-10-18(20)17(12-16)19(24)22-11-5-8-15(23)13-22/h2-4,6-7,9-10,12,15,23H,5,8,11,13H2,1H3. The molecule has 1 atom stereocenters. The van der Waals surface area contributed by atoms with Gasteiger partial charge in [-0.25, -0.2) is 8.42 Å². The van der Waals surface area contributed by atoms with Gasteiger partial charge in [0, 0.05) is 20.1 Å². The van der Waals surface area contributed by atoms with Crippen LogP contribution in [0.3, 0.4) is 0 Å². The van der Waals surface area contributed by atoms with Gasteiger partial charge in [0.15, 0.2) is 0 Å². The molecule has 2 aromatic rings. The van der Waals surface area contributed by atoms with Crippen LogP contribution >= 0.6 is 11.6 Å². The summed E-state index contributed by atoms with van der Waals surface area (Å²) in [6.07, 6.45) is 0.769. The van der Waals surface area contributed by atoms with Crippen molar-refractivity contribution in [3.05, 3.63) is 59.1 Å². The van der Waals surface area contributed by atoms with Crippen LogP contribution in [-0.4, -0.2) is 50.6 Å². The molecule has 1 saturated heterocycles. The Morgan fingerprint density at radius 1 is 1.22 bits per heavy atom. The van der Waals surface area contributed by atoms with Gasteiger partial charge in [-0.3, -0.25) is 9.10 Å². The summed E-state index contributed by atoms with van der Waals surface area (Å²) in [6.45, 7) is 0.725. The average molecular weight is 409 g/mol. The number of para-hydroxylation sites is 1. The van der Waals surface area contributed by atoms with Crippen molar-refractivity contribution in [2.75, 3.05) is 24.4 Å². The Labute approximate surface area is 164 Å². The van der Waals surface area contributed by atoms with Gasteiger partial charge >= 0.3 is 0 Å². The first-order chi connectivity index (χ1) is 12.8. The number of carbonyl (C=O) groups is 1. The molecule has 6 nitrogen and oxygen atoms in total. The second-order valence-electron chi connectivity index (χ2n) is 6.50. The van der Waals surface area contributed by atoms with Crippen molar-refractivity contribution in [2.45, 2.75) is 23.8 Å². The van der Waals surface area contributed by atoms with Crippen LogP contribution < -0.4 is 4.31 Å². The van der Waals surface area contributed by atoms with Gasteiger partial charge in [0.25, 0.3) is 15.9 Å². The Bertz CT molecular complexity index is 934. The maximum Gasteiger partial charge on any atom is 0.264 e. The molecule has 1 N–H and O–H groups in total. The van der Waals surface area contributed by atoms with Crippen molar-refractivity contribution in [3.63, 3.8) is 0 Å². The number of sulfonamides is 1. The molecule has 1 fully saturated rings. The summed E-state index contributed by atoms with van der Waals surface area (Å²) in [5, 5.41) is 9.98. The van der Waals surface area contributed by atoms with E-state index in [2.05, 4.69) is 0 Å². The van der Waals surface area contributed by atoms with Gasteiger partial charge in [0.2, 0.25) is 0 Å². The molecule has 0 aliphatic carbocycles. The van der Waals surface area contributed by atoms with E-state index in [1.165, 1.54) is 30.1 Å². The van der Waals surface area contributed by atoms with Crippen molar-refractivity contribution in [1.29, 1.82) is 0 Å². The lowest BCUT2D eigenvalue weighted by Crippen LogP contribution is -2.42. The Kier molecular flexibility index (Phi) is 5.74. The zero-order valence-corrected chi connectivity index (χ0v) is 16.4. The summed E-state index contributed by atoms with van der Waals surface area (Å²) < 4.78 is 27.1. The molecule has 8 heteroatoms. The molecule has 1 unspecified atom stereocenters. The van der Waals surface area contributed by atoms with Gasteiger partial charge in [-0.1, -0.05) is 29.8 Å². The molecule has 0 spiro atoms. The fraction of sp³-hybridized carbons (Fsp3) is 0.316. The summed E-state index contributed by atoms with van der Waals surface area (Å²) in [7, 11) is -2.39. The number of amides is 1. The van der Waals surface area contributed by atoms with Crippen LogP contribution in [0.15, 0.2) is 53.4 Å². The molecule has 27 heavy (non-hydrogen) atoms. The second kappa shape index (κ2) is 7.88. The Morgan fingerprint density at radius 2 is 1.93 bits per heavy atom. The minimum Gasteiger partial charge on any atom is -0.391 e. The van der Waals surface area contributed by atoms with Gasteiger partial charge in [0.1, 0.15) is 0 Å². The fourth-order valence-electron chi connectivity index (χ4n) is 3.07. The quantitative estimate of drug-likeness (QED) is 0.843. The lowest BCUT2D eigenvalue weighted by Gasteiger charge is -2.30. The van der Waals surface area contributed by atoms with Crippen LogP contribution in [0.1, 0.15) is 23.2 Å². The average Bonchev–Trinajstić information content (AvgIpc) is 2.67. The molecule has 1 aliphatic rings. The molecule has 0 saturated carbocycles. The predicted octanol–water partition coefficient (Wildman–Crippen LogP) is 2.76. The number of aliphatic hydroxyl groups excluding tert-OH is 1. The zero-order chi connectivity index (χ0) is 19.6. The summed E-state index contributed by atoms with van der Waals surface area (Å²) in [6, 6.07) is 12.8. The third kappa shape index (κ3) is 4.10. The van der Waals surface area contributed by atoms with Crippen LogP contribution in [0.5, 0.6) is 0 Å². The minimum absolute atomic E-state index is 0.0147. The van der Waals surface area contributed by atoms with E-state index in [4.69, 9.17) is 11.6 Å². The molecular formula is C19H21ClN2O4S. The van der Waals surface area contributed by atoms with Crippen LogP contribution in [0.4, 0.5) is 5.69 Å². The summed E-state index contributed by atoms with van der Waals surface area (Å²) >= 11 is 6.17. The Hall–Kier alpha value is -2.09. The number of rotatable bonds is 4. The Balaban J connectivity index is 1.94. The monoisotopic (exact) mass is 408 g/mol. The number of β-amino-alcohol motifs (C(OH)–C–C–N with tert-alkyl or cyclic N) is 1. The van der Waals surface area contributed by atoms with Gasteiger partial charge in [-0.05, 0) is 43.2 Å². The van der Waals surface area contributed by atoms with E-state index in [-0.39, 0.29) is 27.9 Å². The summed E-state index contributed by atoms with van der Waals surface area (Å²) in [5.74, 6) is -0.377. The predicted molar refractivity (Wildman–Crippen MR) is 105 cm³/mol. The van der Waals surface area contributed by atoms with Gasteiger partial charge in [0.05, 0.1) is 27.3 Å². The number of piperidine rings is 1.